The lowest BCUT2D eigenvalue weighted by atomic mass is 10.00. The number of carbonyl (C=O) groups excluding carboxylic acids is 2. The van der Waals surface area contributed by atoms with Crippen LogP contribution in [0.25, 0.3) is 0 Å². The van der Waals surface area contributed by atoms with Gasteiger partial charge in [0, 0.05) is 0 Å². The highest BCUT2D eigenvalue weighted by atomic mass is 16.3. The van der Waals surface area contributed by atoms with Gasteiger partial charge in [0.15, 0.2) is 12.6 Å². The van der Waals surface area contributed by atoms with E-state index in [1.807, 2.05) is 0 Å². The summed E-state index contributed by atoms with van der Waals surface area (Å²) >= 11 is 0. The molecule has 1 rings (SSSR count). The Balaban J connectivity index is 2.21. The van der Waals surface area contributed by atoms with Gasteiger partial charge in [0.1, 0.15) is 5.75 Å². The van der Waals surface area contributed by atoms with Gasteiger partial charge >= 0.3 is 0 Å². The van der Waals surface area contributed by atoms with Crippen molar-refractivity contribution < 1.29 is 14.7 Å². The molecule has 1 aromatic rings. The van der Waals surface area contributed by atoms with Crippen molar-refractivity contribution in [1.82, 2.24) is 0 Å². The number of hydrogen-bond donors (Lipinski definition) is 1. The number of aldehydes is 2. The number of phenols is 1. The Bertz CT molecular complexity index is 451. The molecular formula is C20H30O3. The molecule has 0 bridgehead atoms. The number of rotatable bonds is 13. The lowest BCUT2D eigenvalue weighted by Crippen LogP contribution is -1.94. The highest BCUT2D eigenvalue weighted by Gasteiger charge is 2.08. The Morgan fingerprint density at radius 1 is 0.783 bits per heavy atom. The first-order valence-corrected chi connectivity index (χ1v) is 8.99. The Morgan fingerprint density at radius 3 is 1.65 bits per heavy atom. The minimum Gasteiger partial charge on any atom is -0.506 e. The van der Waals surface area contributed by atoms with Crippen LogP contribution >= 0.6 is 0 Å². The van der Waals surface area contributed by atoms with Crippen LogP contribution in [-0.4, -0.2) is 17.7 Å². The molecule has 0 aromatic heterocycles. The highest BCUT2D eigenvalue weighted by molar-refractivity contribution is 5.88. The fourth-order valence-electron chi connectivity index (χ4n) is 2.89. The minimum absolute atomic E-state index is 0.205. The maximum absolute atomic E-state index is 10.9. The van der Waals surface area contributed by atoms with Crippen LogP contribution in [0.4, 0.5) is 0 Å². The lowest BCUT2D eigenvalue weighted by molar-refractivity contribution is 0.112. The van der Waals surface area contributed by atoms with Gasteiger partial charge in [-0.2, -0.15) is 0 Å². The maximum Gasteiger partial charge on any atom is 0.153 e. The number of carbonyl (C=O) groups is 2. The van der Waals surface area contributed by atoms with E-state index in [4.69, 9.17) is 0 Å². The van der Waals surface area contributed by atoms with Crippen LogP contribution in [0, 0.1) is 0 Å². The van der Waals surface area contributed by atoms with Gasteiger partial charge in [0.05, 0.1) is 11.1 Å². The van der Waals surface area contributed by atoms with Gasteiger partial charge in [-0.05, 0) is 30.5 Å². The molecular weight excluding hydrogens is 288 g/mol. The second-order valence-electron chi connectivity index (χ2n) is 6.29. The van der Waals surface area contributed by atoms with Crippen LogP contribution in [0.5, 0.6) is 5.75 Å². The van der Waals surface area contributed by atoms with Gasteiger partial charge in [-0.1, -0.05) is 64.7 Å². The van der Waals surface area contributed by atoms with E-state index in [1.54, 1.807) is 12.1 Å². The van der Waals surface area contributed by atoms with Crippen molar-refractivity contribution in [2.75, 3.05) is 0 Å². The number of benzene rings is 1. The molecule has 1 N–H and O–H groups in total. The largest absolute Gasteiger partial charge is 0.506 e. The van der Waals surface area contributed by atoms with E-state index < -0.39 is 0 Å². The zero-order valence-corrected chi connectivity index (χ0v) is 14.4. The summed E-state index contributed by atoms with van der Waals surface area (Å²) in [6.45, 7) is 2.24. The van der Waals surface area contributed by atoms with Gasteiger partial charge in [-0.3, -0.25) is 9.59 Å². The van der Waals surface area contributed by atoms with Crippen LogP contribution in [0.2, 0.25) is 0 Å². The predicted molar refractivity (Wildman–Crippen MR) is 94.4 cm³/mol. The molecule has 23 heavy (non-hydrogen) atoms. The van der Waals surface area contributed by atoms with Gasteiger partial charge in [0.25, 0.3) is 0 Å². The topological polar surface area (TPSA) is 54.4 Å². The molecule has 3 heteroatoms. The zero-order valence-electron chi connectivity index (χ0n) is 14.4. The van der Waals surface area contributed by atoms with Crippen LogP contribution in [-0.2, 0) is 6.42 Å². The third-order valence-electron chi connectivity index (χ3n) is 4.30. The highest BCUT2D eigenvalue weighted by Crippen LogP contribution is 2.23. The lowest BCUT2D eigenvalue weighted by Gasteiger charge is -2.07. The van der Waals surface area contributed by atoms with Crippen LogP contribution in [0.15, 0.2) is 12.1 Å². The van der Waals surface area contributed by atoms with Crippen molar-refractivity contribution in [3.05, 3.63) is 28.8 Å². The fourth-order valence-corrected chi connectivity index (χ4v) is 2.89. The molecule has 0 spiro atoms. The first-order valence-electron chi connectivity index (χ1n) is 8.99. The van der Waals surface area contributed by atoms with E-state index in [0.29, 0.717) is 12.6 Å². The van der Waals surface area contributed by atoms with Crippen molar-refractivity contribution in [3.63, 3.8) is 0 Å². The molecule has 0 heterocycles. The molecule has 0 unspecified atom stereocenters. The second kappa shape index (κ2) is 11.9. The molecule has 0 saturated heterocycles. The number of aromatic hydroxyl groups is 1. The van der Waals surface area contributed by atoms with E-state index in [1.165, 1.54) is 57.8 Å². The van der Waals surface area contributed by atoms with Gasteiger partial charge in [-0.25, -0.2) is 0 Å². The van der Waals surface area contributed by atoms with E-state index in [9.17, 15) is 14.7 Å². The summed E-state index contributed by atoms with van der Waals surface area (Å²) in [6, 6.07) is 3.37. The molecule has 1 aromatic carbocycles. The summed E-state index contributed by atoms with van der Waals surface area (Å²) < 4.78 is 0. The van der Waals surface area contributed by atoms with Crippen molar-refractivity contribution in [2.45, 2.75) is 77.6 Å². The molecule has 3 nitrogen and oxygen atoms in total. The summed E-state index contributed by atoms with van der Waals surface area (Å²) in [5.74, 6) is -0.207. The second-order valence-corrected chi connectivity index (χ2v) is 6.29. The van der Waals surface area contributed by atoms with Gasteiger partial charge in [-0.15, -0.1) is 0 Å². The monoisotopic (exact) mass is 318 g/mol. The van der Waals surface area contributed by atoms with Gasteiger partial charge < -0.3 is 5.11 Å². The van der Waals surface area contributed by atoms with E-state index >= 15 is 0 Å². The Labute approximate surface area is 140 Å². The van der Waals surface area contributed by atoms with Gasteiger partial charge in [0.2, 0.25) is 0 Å². The molecule has 128 valence electrons. The number of phenolic OH excluding ortho intramolecular Hbond substituents is 1. The summed E-state index contributed by atoms with van der Waals surface area (Å²) in [6.07, 6.45) is 14.9. The smallest absolute Gasteiger partial charge is 0.153 e. The fraction of sp³-hybridized carbons (Fsp3) is 0.600. The summed E-state index contributed by atoms with van der Waals surface area (Å²) in [4.78, 5) is 21.8. The summed E-state index contributed by atoms with van der Waals surface area (Å²) in [7, 11) is 0. The molecule has 0 fully saturated rings. The quantitative estimate of drug-likeness (QED) is 0.387. The van der Waals surface area contributed by atoms with Crippen molar-refractivity contribution >= 4 is 12.6 Å². The van der Waals surface area contributed by atoms with Crippen molar-refractivity contribution in [1.29, 1.82) is 0 Å². The third-order valence-corrected chi connectivity index (χ3v) is 4.30. The number of aryl methyl sites for hydroxylation is 1. The standard InChI is InChI=1S/C20H30O3/c1-2-3-4-5-6-7-8-9-10-11-12-17-13-18(15-21)20(23)19(14-17)16-22/h13-16,23H,2-12H2,1H3. The van der Waals surface area contributed by atoms with Crippen LogP contribution < -0.4 is 0 Å². The Morgan fingerprint density at radius 2 is 1.22 bits per heavy atom. The molecule has 0 saturated carbocycles. The molecule has 0 amide bonds. The maximum atomic E-state index is 10.9. The zero-order chi connectivity index (χ0) is 16.9. The van der Waals surface area contributed by atoms with Crippen molar-refractivity contribution in [2.24, 2.45) is 0 Å². The first-order chi connectivity index (χ1) is 11.2. The predicted octanol–water partition coefficient (Wildman–Crippen LogP) is 5.48. The van der Waals surface area contributed by atoms with Crippen LogP contribution in [0.3, 0.4) is 0 Å². The molecule has 0 atom stereocenters. The molecule has 0 aliphatic carbocycles. The minimum atomic E-state index is -0.207. The number of hydrogen-bond acceptors (Lipinski definition) is 3. The Kier molecular flexibility index (Phi) is 10.0. The van der Waals surface area contributed by atoms with E-state index in [0.717, 1.165) is 18.4 Å². The molecule has 0 radical (unpaired) electrons. The number of unbranched alkanes of at least 4 members (excludes halogenated alkanes) is 9. The molecule has 0 aliphatic heterocycles. The average molecular weight is 318 g/mol. The average Bonchev–Trinajstić information content (AvgIpc) is 2.57. The van der Waals surface area contributed by atoms with Crippen molar-refractivity contribution in [3.8, 4) is 5.75 Å². The summed E-state index contributed by atoms with van der Waals surface area (Å²) in [5, 5.41) is 9.70. The summed E-state index contributed by atoms with van der Waals surface area (Å²) in [5.41, 5.74) is 1.36. The SMILES string of the molecule is CCCCCCCCCCCCc1cc(C=O)c(O)c(C=O)c1. The van der Waals surface area contributed by atoms with Crippen LogP contribution in [0.1, 0.15) is 97.4 Å². The van der Waals surface area contributed by atoms with E-state index in [-0.39, 0.29) is 16.9 Å². The third kappa shape index (κ3) is 7.45. The Hall–Kier alpha value is -1.64. The normalized spacial score (nSPS) is 10.7. The van der Waals surface area contributed by atoms with E-state index in [2.05, 4.69) is 6.92 Å². The first kappa shape index (κ1) is 19.4. The molecule has 0 aliphatic rings.